The molecule has 2 aromatic carbocycles. The summed E-state index contributed by atoms with van der Waals surface area (Å²) in [5.74, 6) is 1.95. The van der Waals surface area contributed by atoms with Crippen LogP contribution in [0.5, 0.6) is 0 Å². The Balaban J connectivity index is 0.00000256. The van der Waals surface area contributed by atoms with E-state index in [4.69, 9.17) is 0 Å². The molecular weight excluding hydrogens is 485 g/mol. The fraction of sp³-hybridized carbons (Fsp3) is 0.333. The number of anilines is 1. The molecule has 30 heavy (non-hydrogen) atoms. The highest BCUT2D eigenvalue weighted by Gasteiger charge is 2.21. The van der Waals surface area contributed by atoms with Gasteiger partial charge in [-0.25, -0.2) is 4.98 Å². The summed E-state index contributed by atoms with van der Waals surface area (Å²) < 4.78 is 0. The van der Waals surface area contributed by atoms with E-state index in [0.29, 0.717) is 6.04 Å². The number of aryl methyl sites for hydroxylation is 1. The molecule has 1 aliphatic heterocycles. The van der Waals surface area contributed by atoms with Crippen LogP contribution in [0.15, 0.2) is 65.7 Å². The first-order valence-electron chi connectivity index (χ1n) is 10.4. The van der Waals surface area contributed by atoms with Gasteiger partial charge in [0.1, 0.15) is 5.82 Å². The Morgan fingerprint density at radius 3 is 2.53 bits per heavy atom. The van der Waals surface area contributed by atoms with E-state index in [1.807, 2.05) is 20.0 Å². The number of nitrogens with one attached hydrogen (secondary N) is 2. The average molecular weight is 515 g/mol. The number of nitrogens with zero attached hydrogens (tertiary/aromatic N) is 3. The number of piperidine rings is 1. The Morgan fingerprint density at radius 2 is 1.77 bits per heavy atom. The predicted octanol–water partition coefficient (Wildman–Crippen LogP) is 4.50. The molecule has 0 aliphatic carbocycles. The largest absolute Gasteiger partial charge is 0.356 e. The first kappa shape index (κ1) is 22.3. The molecule has 5 nitrogen and oxygen atoms in total. The van der Waals surface area contributed by atoms with Crippen LogP contribution in [-0.2, 0) is 6.54 Å². The van der Waals surface area contributed by atoms with Crippen molar-refractivity contribution in [2.75, 3.05) is 25.0 Å². The minimum atomic E-state index is 0. The Labute approximate surface area is 196 Å². The minimum Gasteiger partial charge on any atom is -0.356 e. The quantitative estimate of drug-likeness (QED) is 0.306. The molecule has 2 heterocycles. The standard InChI is InChI=1S/C24H29N5.HI/c1-18-7-5-12-23(27-18)29-15-13-21(14-16-29)28-24(25-2)26-17-20-10-6-9-19-8-3-4-11-22(19)20;/h3-12,21H,13-17H2,1-2H3,(H2,25,26,28);1H. The lowest BCUT2D eigenvalue weighted by Crippen LogP contribution is -2.48. The van der Waals surface area contributed by atoms with Crippen LogP contribution in [0.4, 0.5) is 5.82 Å². The SMILES string of the molecule is CN=C(NCc1cccc2ccccc12)NC1CCN(c2cccc(C)n2)CC1.I. The first-order chi connectivity index (χ1) is 14.2. The maximum atomic E-state index is 4.66. The highest BCUT2D eigenvalue weighted by molar-refractivity contribution is 14.0. The maximum absolute atomic E-state index is 4.66. The zero-order chi connectivity index (χ0) is 20.1. The molecule has 0 bridgehead atoms. The lowest BCUT2D eigenvalue weighted by molar-refractivity contribution is 0.459. The summed E-state index contributed by atoms with van der Waals surface area (Å²) in [5.41, 5.74) is 2.35. The van der Waals surface area contributed by atoms with E-state index < -0.39 is 0 Å². The van der Waals surface area contributed by atoms with Crippen LogP contribution in [0.3, 0.4) is 0 Å². The van der Waals surface area contributed by atoms with Gasteiger partial charge in [0.25, 0.3) is 0 Å². The molecule has 0 unspecified atom stereocenters. The number of benzene rings is 2. The Hall–Kier alpha value is -2.35. The summed E-state index contributed by atoms with van der Waals surface area (Å²) in [4.78, 5) is 11.5. The number of rotatable bonds is 4. The van der Waals surface area contributed by atoms with Crippen molar-refractivity contribution in [1.29, 1.82) is 0 Å². The van der Waals surface area contributed by atoms with E-state index in [-0.39, 0.29) is 24.0 Å². The number of aromatic nitrogens is 1. The van der Waals surface area contributed by atoms with E-state index in [1.54, 1.807) is 0 Å². The molecule has 0 amide bonds. The Kier molecular flexibility index (Phi) is 7.90. The van der Waals surface area contributed by atoms with E-state index in [2.05, 4.69) is 80.1 Å². The monoisotopic (exact) mass is 515 g/mol. The molecule has 3 aromatic rings. The molecule has 2 N–H and O–H groups in total. The van der Waals surface area contributed by atoms with Crippen molar-refractivity contribution in [1.82, 2.24) is 15.6 Å². The summed E-state index contributed by atoms with van der Waals surface area (Å²) in [7, 11) is 1.84. The third-order valence-electron chi connectivity index (χ3n) is 5.58. The highest BCUT2D eigenvalue weighted by Crippen LogP contribution is 2.19. The van der Waals surface area contributed by atoms with Gasteiger partial charge in [-0.1, -0.05) is 48.5 Å². The second-order valence-corrected chi connectivity index (χ2v) is 7.61. The van der Waals surface area contributed by atoms with Crippen molar-refractivity contribution in [3.8, 4) is 0 Å². The van der Waals surface area contributed by atoms with Crippen molar-refractivity contribution < 1.29 is 0 Å². The molecule has 4 rings (SSSR count). The molecule has 1 aliphatic rings. The number of pyridine rings is 1. The van der Waals surface area contributed by atoms with Crippen LogP contribution in [0, 0.1) is 6.92 Å². The molecule has 0 atom stereocenters. The molecular formula is C24H30IN5. The number of halogens is 1. The number of hydrogen-bond acceptors (Lipinski definition) is 3. The van der Waals surface area contributed by atoms with Crippen LogP contribution >= 0.6 is 24.0 Å². The minimum absolute atomic E-state index is 0. The third kappa shape index (κ3) is 5.41. The third-order valence-corrected chi connectivity index (χ3v) is 5.58. The van der Waals surface area contributed by atoms with Crippen LogP contribution in [-0.4, -0.2) is 37.1 Å². The van der Waals surface area contributed by atoms with Gasteiger partial charge in [-0.05, 0) is 48.2 Å². The lowest BCUT2D eigenvalue weighted by atomic mass is 10.0. The molecule has 0 saturated carbocycles. The zero-order valence-electron chi connectivity index (χ0n) is 17.6. The van der Waals surface area contributed by atoms with Crippen molar-refractivity contribution in [3.05, 3.63) is 71.9 Å². The van der Waals surface area contributed by atoms with Gasteiger partial charge < -0.3 is 15.5 Å². The lowest BCUT2D eigenvalue weighted by Gasteiger charge is -2.34. The second-order valence-electron chi connectivity index (χ2n) is 7.61. The van der Waals surface area contributed by atoms with Crippen LogP contribution < -0.4 is 15.5 Å². The second kappa shape index (κ2) is 10.6. The van der Waals surface area contributed by atoms with E-state index in [1.165, 1.54) is 16.3 Å². The van der Waals surface area contributed by atoms with Crippen molar-refractivity contribution >= 4 is 46.5 Å². The molecule has 1 aromatic heterocycles. The number of hydrogen-bond donors (Lipinski definition) is 2. The smallest absolute Gasteiger partial charge is 0.191 e. The fourth-order valence-corrected chi connectivity index (χ4v) is 3.97. The van der Waals surface area contributed by atoms with Gasteiger partial charge >= 0.3 is 0 Å². The van der Waals surface area contributed by atoms with Crippen LogP contribution in [0.1, 0.15) is 24.1 Å². The number of fused-ring (bicyclic) bond motifs is 1. The maximum Gasteiger partial charge on any atom is 0.191 e. The predicted molar refractivity (Wildman–Crippen MR) is 137 cm³/mol. The average Bonchev–Trinajstić information content (AvgIpc) is 2.77. The van der Waals surface area contributed by atoms with Crippen molar-refractivity contribution in [2.24, 2.45) is 4.99 Å². The first-order valence-corrected chi connectivity index (χ1v) is 10.4. The van der Waals surface area contributed by atoms with Crippen LogP contribution in [0.25, 0.3) is 10.8 Å². The molecule has 158 valence electrons. The molecule has 6 heteroatoms. The van der Waals surface area contributed by atoms with E-state index in [9.17, 15) is 0 Å². The Morgan fingerprint density at radius 1 is 1.03 bits per heavy atom. The van der Waals surface area contributed by atoms with Crippen molar-refractivity contribution in [2.45, 2.75) is 32.4 Å². The molecule has 1 fully saturated rings. The fourth-order valence-electron chi connectivity index (χ4n) is 3.97. The number of aliphatic imine (C=N–C) groups is 1. The van der Waals surface area contributed by atoms with E-state index in [0.717, 1.165) is 49.9 Å². The number of guanidine groups is 1. The summed E-state index contributed by atoms with van der Waals surface area (Å²) in [6.45, 7) is 4.82. The summed E-state index contributed by atoms with van der Waals surface area (Å²) in [6, 6.07) is 21.6. The topological polar surface area (TPSA) is 52.6 Å². The molecule has 1 saturated heterocycles. The highest BCUT2D eigenvalue weighted by atomic mass is 127. The van der Waals surface area contributed by atoms with Gasteiger partial charge in [-0.3, -0.25) is 4.99 Å². The van der Waals surface area contributed by atoms with Gasteiger partial charge in [0.15, 0.2) is 5.96 Å². The summed E-state index contributed by atoms with van der Waals surface area (Å²) in [6.07, 6.45) is 2.15. The Bertz CT molecular complexity index is 990. The van der Waals surface area contributed by atoms with Crippen molar-refractivity contribution in [3.63, 3.8) is 0 Å². The van der Waals surface area contributed by atoms with Gasteiger partial charge in [0, 0.05) is 38.4 Å². The van der Waals surface area contributed by atoms with Crippen LogP contribution in [0.2, 0.25) is 0 Å². The van der Waals surface area contributed by atoms with E-state index >= 15 is 0 Å². The van der Waals surface area contributed by atoms with Gasteiger partial charge in [0.05, 0.1) is 0 Å². The summed E-state index contributed by atoms with van der Waals surface area (Å²) >= 11 is 0. The molecule has 0 radical (unpaired) electrons. The van der Waals surface area contributed by atoms with Gasteiger partial charge in [-0.2, -0.15) is 0 Å². The summed E-state index contributed by atoms with van der Waals surface area (Å²) in [5, 5.41) is 9.65. The molecule has 0 spiro atoms. The van der Waals surface area contributed by atoms with Gasteiger partial charge in [-0.15, -0.1) is 24.0 Å². The van der Waals surface area contributed by atoms with Gasteiger partial charge in [0.2, 0.25) is 0 Å². The normalized spacial score (nSPS) is 15.0. The zero-order valence-corrected chi connectivity index (χ0v) is 20.0.